The van der Waals surface area contributed by atoms with Gasteiger partial charge < -0.3 is 15.1 Å². The van der Waals surface area contributed by atoms with E-state index in [0.29, 0.717) is 32.5 Å². The van der Waals surface area contributed by atoms with Gasteiger partial charge in [-0.25, -0.2) is 15.0 Å². The summed E-state index contributed by atoms with van der Waals surface area (Å²) in [4.78, 5) is 42.5. The van der Waals surface area contributed by atoms with Crippen molar-refractivity contribution in [2.45, 2.75) is 26.2 Å². The number of thiophene rings is 1. The van der Waals surface area contributed by atoms with Crippen LogP contribution < -0.4 is 10.2 Å². The summed E-state index contributed by atoms with van der Waals surface area (Å²) in [7, 11) is 0. The average molecular weight is 456 g/mol. The van der Waals surface area contributed by atoms with Gasteiger partial charge in [0.05, 0.1) is 10.3 Å². The number of hydrogen-bond acceptors (Lipinski definition) is 9. The molecule has 32 heavy (non-hydrogen) atoms. The van der Waals surface area contributed by atoms with Crippen LogP contribution in [0.5, 0.6) is 0 Å². The highest BCUT2D eigenvalue weighted by atomic mass is 32.1. The van der Waals surface area contributed by atoms with Gasteiger partial charge in [-0.1, -0.05) is 6.92 Å². The number of aromatic nitrogens is 3. The van der Waals surface area contributed by atoms with E-state index >= 15 is 0 Å². The standard InChI is InChI=1S/C21H25N7O3S/c1-2-15-13-16-20(24-14-25-21(16)32-15)27-11-9-26(10-12-27)18(29)6-4-8-23-19-17(28(30)31)5-3-7-22-19/h3,5,7,13-14H,2,4,6,8-12H2,1H3,(H,22,23). The fourth-order valence-electron chi connectivity index (χ4n) is 3.77. The van der Waals surface area contributed by atoms with Gasteiger partial charge in [-0.05, 0) is 25.0 Å². The smallest absolute Gasteiger partial charge is 0.311 e. The molecule has 1 saturated heterocycles. The van der Waals surface area contributed by atoms with Gasteiger partial charge in [0.1, 0.15) is 17.0 Å². The monoisotopic (exact) mass is 455 g/mol. The second-order valence-corrected chi connectivity index (χ2v) is 8.62. The number of aryl methyl sites for hydroxylation is 1. The van der Waals surface area contributed by atoms with Crippen LogP contribution >= 0.6 is 11.3 Å². The van der Waals surface area contributed by atoms with Crippen molar-refractivity contribution in [1.82, 2.24) is 19.9 Å². The summed E-state index contributed by atoms with van der Waals surface area (Å²) < 4.78 is 0. The molecule has 1 aliphatic rings. The van der Waals surface area contributed by atoms with Crippen LogP contribution in [0.3, 0.4) is 0 Å². The lowest BCUT2D eigenvalue weighted by Gasteiger charge is -2.35. The minimum atomic E-state index is -0.468. The quantitative estimate of drug-likeness (QED) is 0.313. The number of nitrogens with zero attached hydrogens (tertiary/aromatic N) is 6. The van der Waals surface area contributed by atoms with E-state index in [2.05, 4.69) is 38.2 Å². The predicted molar refractivity (Wildman–Crippen MR) is 124 cm³/mol. The minimum absolute atomic E-state index is 0.0644. The van der Waals surface area contributed by atoms with Crippen LogP contribution in [0.15, 0.2) is 30.7 Å². The van der Waals surface area contributed by atoms with Crippen molar-refractivity contribution in [3.63, 3.8) is 0 Å². The number of pyridine rings is 1. The summed E-state index contributed by atoms with van der Waals surface area (Å²) in [6.45, 7) is 5.33. The lowest BCUT2D eigenvalue weighted by atomic mass is 10.2. The zero-order valence-electron chi connectivity index (χ0n) is 17.9. The number of rotatable bonds is 8. The maximum absolute atomic E-state index is 12.6. The van der Waals surface area contributed by atoms with E-state index in [1.807, 2.05) is 4.90 Å². The van der Waals surface area contributed by atoms with E-state index in [1.165, 1.54) is 23.2 Å². The zero-order chi connectivity index (χ0) is 22.5. The lowest BCUT2D eigenvalue weighted by Crippen LogP contribution is -2.49. The first-order valence-corrected chi connectivity index (χ1v) is 11.5. The Bertz CT molecular complexity index is 1110. The third-order valence-corrected chi connectivity index (χ3v) is 6.67. The number of amides is 1. The number of nitro groups is 1. The number of carbonyl (C=O) groups excluding carboxylic acids is 1. The molecule has 0 radical (unpaired) electrons. The fraction of sp³-hybridized carbons (Fsp3) is 0.429. The van der Waals surface area contributed by atoms with Gasteiger partial charge in [0.25, 0.3) is 0 Å². The van der Waals surface area contributed by atoms with Crippen LogP contribution in [0.4, 0.5) is 17.3 Å². The topological polar surface area (TPSA) is 117 Å². The van der Waals surface area contributed by atoms with Crippen molar-refractivity contribution in [2.75, 3.05) is 42.9 Å². The van der Waals surface area contributed by atoms with E-state index < -0.39 is 4.92 Å². The molecule has 0 spiro atoms. The molecule has 168 valence electrons. The molecule has 3 aromatic heterocycles. The van der Waals surface area contributed by atoms with E-state index in [0.717, 1.165) is 35.5 Å². The molecule has 10 nitrogen and oxygen atoms in total. The third kappa shape index (κ3) is 4.77. The number of fused-ring (bicyclic) bond motifs is 1. The van der Waals surface area contributed by atoms with Gasteiger partial charge in [-0.3, -0.25) is 14.9 Å². The highest BCUT2D eigenvalue weighted by Gasteiger charge is 2.23. The molecule has 1 fully saturated rings. The molecule has 4 heterocycles. The second-order valence-electron chi connectivity index (χ2n) is 7.51. The fourth-order valence-corrected chi connectivity index (χ4v) is 4.70. The largest absolute Gasteiger partial charge is 0.364 e. The van der Waals surface area contributed by atoms with Crippen LogP contribution in [0.1, 0.15) is 24.6 Å². The molecule has 3 aromatic rings. The van der Waals surface area contributed by atoms with Crippen molar-refractivity contribution in [2.24, 2.45) is 0 Å². The van der Waals surface area contributed by atoms with Crippen LogP contribution in [0.25, 0.3) is 10.2 Å². The number of carbonyl (C=O) groups is 1. The summed E-state index contributed by atoms with van der Waals surface area (Å²) in [5, 5.41) is 15.1. The summed E-state index contributed by atoms with van der Waals surface area (Å²) >= 11 is 1.70. The first-order valence-electron chi connectivity index (χ1n) is 10.7. The van der Waals surface area contributed by atoms with Crippen molar-refractivity contribution in [3.8, 4) is 0 Å². The van der Waals surface area contributed by atoms with Gasteiger partial charge in [0.2, 0.25) is 11.7 Å². The van der Waals surface area contributed by atoms with E-state index in [4.69, 9.17) is 0 Å². The first kappa shape index (κ1) is 21.9. The van der Waals surface area contributed by atoms with Gasteiger partial charge in [-0.15, -0.1) is 11.3 Å². The third-order valence-electron chi connectivity index (χ3n) is 5.48. The lowest BCUT2D eigenvalue weighted by molar-refractivity contribution is -0.384. The summed E-state index contributed by atoms with van der Waals surface area (Å²) in [6.07, 6.45) is 5.06. The Labute approximate surface area is 189 Å². The summed E-state index contributed by atoms with van der Waals surface area (Å²) in [5.41, 5.74) is -0.0644. The van der Waals surface area contributed by atoms with Gasteiger partial charge >= 0.3 is 5.69 Å². The van der Waals surface area contributed by atoms with E-state index in [-0.39, 0.29) is 17.4 Å². The van der Waals surface area contributed by atoms with E-state index in [1.54, 1.807) is 17.7 Å². The Morgan fingerprint density at radius 3 is 2.81 bits per heavy atom. The number of nitrogens with one attached hydrogen (secondary N) is 1. The molecule has 1 aliphatic heterocycles. The van der Waals surface area contributed by atoms with Gasteiger partial charge in [-0.2, -0.15) is 0 Å². The molecule has 0 aromatic carbocycles. The van der Waals surface area contributed by atoms with Crippen molar-refractivity contribution in [3.05, 3.63) is 45.7 Å². The minimum Gasteiger partial charge on any atom is -0.364 e. The maximum atomic E-state index is 12.6. The Kier molecular flexibility index (Phi) is 6.74. The molecule has 0 saturated carbocycles. The van der Waals surface area contributed by atoms with Crippen LogP contribution in [0, 0.1) is 10.1 Å². The first-order chi connectivity index (χ1) is 15.6. The van der Waals surface area contributed by atoms with Crippen LogP contribution in [0.2, 0.25) is 0 Å². The van der Waals surface area contributed by atoms with Gasteiger partial charge in [0.15, 0.2) is 0 Å². The molecular formula is C21H25N7O3S. The molecule has 1 N–H and O–H groups in total. The second kappa shape index (κ2) is 9.86. The summed E-state index contributed by atoms with van der Waals surface area (Å²) in [6, 6.07) is 5.11. The summed E-state index contributed by atoms with van der Waals surface area (Å²) in [5.74, 6) is 1.27. The number of piperazine rings is 1. The van der Waals surface area contributed by atoms with E-state index in [9.17, 15) is 14.9 Å². The van der Waals surface area contributed by atoms with Crippen molar-refractivity contribution >= 4 is 44.8 Å². The zero-order valence-corrected chi connectivity index (χ0v) is 18.7. The molecule has 0 unspecified atom stereocenters. The number of hydrogen-bond donors (Lipinski definition) is 1. The Morgan fingerprint density at radius 2 is 2.06 bits per heavy atom. The van der Waals surface area contributed by atoms with Crippen LogP contribution in [-0.2, 0) is 11.2 Å². The van der Waals surface area contributed by atoms with Crippen molar-refractivity contribution in [1.29, 1.82) is 0 Å². The molecule has 0 aliphatic carbocycles. The highest BCUT2D eigenvalue weighted by molar-refractivity contribution is 7.18. The molecule has 0 atom stereocenters. The molecule has 1 amide bonds. The SMILES string of the molecule is CCc1cc2c(N3CCN(C(=O)CCCNc4ncccc4[N+](=O)[O-])CC3)ncnc2s1. The van der Waals surface area contributed by atoms with Gasteiger partial charge in [0, 0.05) is 56.3 Å². The maximum Gasteiger partial charge on any atom is 0.311 e. The predicted octanol–water partition coefficient (Wildman–Crippen LogP) is 3.10. The normalized spacial score (nSPS) is 14.0. The molecular weight excluding hydrogens is 430 g/mol. The molecule has 0 bridgehead atoms. The van der Waals surface area contributed by atoms with Crippen molar-refractivity contribution < 1.29 is 9.72 Å². The Hall–Kier alpha value is -3.34. The Balaban J connectivity index is 1.26. The Morgan fingerprint density at radius 1 is 1.25 bits per heavy atom. The average Bonchev–Trinajstić information content (AvgIpc) is 3.25. The van der Waals surface area contributed by atoms with Crippen LogP contribution in [-0.4, -0.2) is 63.4 Å². The molecule has 4 rings (SSSR count). The number of anilines is 2. The molecule has 11 heteroatoms. The highest BCUT2D eigenvalue weighted by Crippen LogP contribution is 2.31.